The molecule has 2 heterocycles. The van der Waals surface area contributed by atoms with E-state index in [-0.39, 0.29) is 12.2 Å². The molecule has 0 saturated heterocycles. The molecule has 0 aliphatic rings. The van der Waals surface area contributed by atoms with E-state index in [9.17, 15) is 9.18 Å². The monoisotopic (exact) mass is 284 g/mol. The SMILES string of the molecule is COC(=O)c1nnn(CCF)c1-c1sc(C)nc1C. The van der Waals surface area contributed by atoms with Gasteiger partial charge < -0.3 is 4.74 Å². The lowest BCUT2D eigenvalue weighted by atomic mass is 10.2. The van der Waals surface area contributed by atoms with E-state index in [1.165, 1.54) is 23.1 Å². The molecule has 19 heavy (non-hydrogen) atoms. The molecule has 6 nitrogen and oxygen atoms in total. The second-order valence-corrected chi connectivity index (χ2v) is 5.04. The van der Waals surface area contributed by atoms with Gasteiger partial charge in [-0.3, -0.25) is 0 Å². The first kappa shape index (κ1) is 13.6. The fourth-order valence-electron chi connectivity index (χ4n) is 1.76. The van der Waals surface area contributed by atoms with Crippen LogP contribution in [0.5, 0.6) is 0 Å². The topological polar surface area (TPSA) is 69.9 Å². The van der Waals surface area contributed by atoms with Crippen molar-refractivity contribution in [1.29, 1.82) is 0 Å². The van der Waals surface area contributed by atoms with Crippen LogP contribution in [0.2, 0.25) is 0 Å². The number of rotatable bonds is 4. The normalized spacial score (nSPS) is 10.7. The van der Waals surface area contributed by atoms with Gasteiger partial charge in [0, 0.05) is 0 Å². The molecular formula is C11H13FN4O2S. The van der Waals surface area contributed by atoms with Gasteiger partial charge in [-0.05, 0) is 13.8 Å². The van der Waals surface area contributed by atoms with Gasteiger partial charge in [-0.25, -0.2) is 18.9 Å². The maximum absolute atomic E-state index is 12.6. The Morgan fingerprint density at radius 2 is 2.21 bits per heavy atom. The van der Waals surface area contributed by atoms with E-state index in [1.807, 2.05) is 13.8 Å². The zero-order valence-corrected chi connectivity index (χ0v) is 11.6. The van der Waals surface area contributed by atoms with Crippen molar-refractivity contribution in [2.75, 3.05) is 13.8 Å². The second-order valence-electron chi connectivity index (χ2n) is 3.84. The highest BCUT2D eigenvalue weighted by atomic mass is 32.1. The molecule has 2 rings (SSSR count). The first-order valence-corrected chi connectivity index (χ1v) is 6.42. The third-order valence-electron chi connectivity index (χ3n) is 2.53. The van der Waals surface area contributed by atoms with Crippen LogP contribution in [0.1, 0.15) is 21.2 Å². The lowest BCUT2D eigenvalue weighted by Gasteiger charge is -2.04. The lowest BCUT2D eigenvalue weighted by Crippen LogP contribution is -2.07. The Bertz CT molecular complexity index is 608. The number of carbonyl (C=O) groups is 1. The summed E-state index contributed by atoms with van der Waals surface area (Å²) in [5, 5.41) is 8.45. The quantitative estimate of drug-likeness (QED) is 0.800. The smallest absolute Gasteiger partial charge is 0.360 e. The third-order valence-corrected chi connectivity index (χ3v) is 3.61. The molecule has 0 N–H and O–H groups in total. The van der Waals surface area contributed by atoms with Crippen LogP contribution >= 0.6 is 11.3 Å². The molecular weight excluding hydrogens is 271 g/mol. The van der Waals surface area contributed by atoms with Crippen LogP contribution < -0.4 is 0 Å². The van der Waals surface area contributed by atoms with Gasteiger partial charge in [0.25, 0.3) is 0 Å². The van der Waals surface area contributed by atoms with Crippen LogP contribution in [0.4, 0.5) is 4.39 Å². The zero-order chi connectivity index (χ0) is 14.0. The van der Waals surface area contributed by atoms with Crippen molar-refractivity contribution in [3.63, 3.8) is 0 Å². The van der Waals surface area contributed by atoms with E-state index >= 15 is 0 Å². The zero-order valence-electron chi connectivity index (χ0n) is 10.8. The van der Waals surface area contributed by atoms with Gasteiger partial charge in [0.2, 0.25) is 0 Å². The van der Waals surface area contributed by atoms with Gasteiger partial charge in [0.15, 0.2) is 5.69 Å². The number of ether oxygens (including phenoxy) is 1. The second kappa shape index (κ2) is 5.43. The molecule has 8 heteroatoms. The highest BCUT2D eigenvalue weighted by molar-refractivity contribution is 7.15. The Kier molecular flexibility index (Phi) is 3.89. The summed E-state index contributed by atoms with van der Waals surface area (Å²) in [7, 11) is 1.27. The number of thiazole rings is 1. The molecule has 0 bridgehead atoms. The number of methoxy groups -OCH3 is 1. The molecule has 102 valence electrons. The highest BCUT2D eigenvalue weighted by Gasteiger charge is 2.24. The standard InChI is InChI=1S/C11H13FN4O2S/c1-6-10(19-7(2)13-6)9-8(11(17)18-3)14-15-16(9)5-4-12/h4-5H2,1-3H3. The number of aromatic nitrogens is 4. The van der Waals surface area contributed by atoms with E-state index in [0.717, 1.165) is 15.6 Å². The van der Waals surface area contributed by atoms with Crippen LogP contribution in [0, 0.1) is 13.8 Å². The fraction of sp³-hybridized carbons (Fsp3) is 0.455. The number of esters is 1. The Hall–Kier alpha value is -1.83. The number of hydrogen-bond donors (Lipinski definition) is 0. The van der Waals surface area contributed by atoms with Crippen LogP contribution in [0.3, 0.4) is 0 Å². The number of aryl methyl sites for hydroxylation is 3. The van der Waals surface area contributed by atoms with Crippen molar-refractivity contribution < 1.29 is 13.9 Å². The molecule has 0 fully saturated rings. The van der Waals surface area contributed by atoms with Crippen molar-refractivity contribution >= 4 is 17.3 Å². The van der Waals surface area contributed by atoms with E-state index < -0.39 is 12.6 Å². The number of carbonyl (C=O) groups excluding carboxylic acids is 1. The van der Waals surface area contributed by atoms with Crippen LogP contribution in [0.15, 0.2) is 0 Å². The maximum atomic E-state index is 12.6. The minimum atomic E-state index is -0.592. The van der Waals surface area contributed by atoms with E-state index in [1.54, 1.807) is 0 Å². The van der Waals surface area contributed by atoms with E-state index in [4.69, 9.17) is 0 Å². The number of halogens is 1. The summed E-state index contributed by atoms with van der Waals surface area (Å²) < 4.78 is 18.6. The first-order chi connectivity index (χ1) is 9.08. The van der Waals surface area contributed by atoms with Crippen LogP contribution in [-0.2, 0) is 11.3 Å². The molecule has 2 aromatic rings. The van der Waals surface area contributed by atoms with Gasteiger partial charge >= 0.3 is 5.97 Å². The van der Waals surface area contributed by atoms with Gasteiger partial charge in [0.05, 0.1) is 29.2 Å². The van der Waals surface area contributed by atoms with Gasteiger partial charge in [-0.15, -0.1) is 16.4 Å². The Labute approximate surface area is 113 Å². The van der Waals surface area contributed by atoms with Crippen molar-refractivity contribution in [2.45, 2.75) is 20.4 Å². The van der Waals surface area contributed by atoms with Crippen molar-refractivity contribution in [2.24, 2.45) is 0 Å². The Morgan fingerprint density at radius 3 is 2.74 bits per heavy atom. The minimum Gasteiger partial charge on any atom is -0.464 e. The van der Waals surface area contributed by atoms with E-state index in [0.29, 0.717) is 5.69 Å². The Morgan fingerprint density at radius 1 is 1.47 bits per heavy atom. The summed E-state index contributed by atoms with van der Waals surface area (Å²) >= 11 is 1.41. The summed E-state index contributed by atoms with van der Waals surface area (Å²) in [5.41, 5.74) is 1.31. The predicted octanol–water partition coefficient (Wildman–Crippen LogP) is 1.77. The molecule has 2 aromatic heterocycles. The lowest BCUT2D eigenvalue weighted by molar-refractivity contribution is 0.0595. The Balaban J connectivity index is 2.60. The van der Waals surface area contributed by atoms with Crippen molar-refractivity contribution in [3.05, 3.63) is 16.4 Å². The van der Waals surface area contributed by atoms with E-state index in [2.05, 4.69) is 20.0 Å². The molecule has 0 aromatic carbocycles. The summed E-state index contributed by atoms with van der Waals surface area (Å²) in [4.78, 5) is 16.8. The summed E-state index contributed by atoms with van der Waals surface area (Å²) in [6.45, 7) is 3.14. The van der Waals surface area contributed by atoms with Crippen molar-refractivity contribution in [3.8, 4) is 10.6 Å². The number of hydrogen-bond acceptors (Lipinski definition) is 6. The molecule has 0 atom stereocenters. The number of nitrogens with zero attached hydrogens (tertiary/aromatic N) is 4. The average molecular weight is 284 g/mol. The molecule has 0 unspecified atom stereocenters. The van der Waals surface area contributed by atoms with Gasteiger partial charge in [-0.2, -0.15) is 0 Å². The average Bonchev–Trinajstić information content (AvgIpc) is 2.92. The van der Waals surface area contributed by atoms with Crippen LogP contribution in [0.25, 0.3) is 10.6 Å². The van der Waals surface area contributed by atoms with Crippen molar-refractivity contribution in [1.82, 2.24) is 20.0 Å². The summed E-state index contributed by atoms with van der Waals surface area (Å²) in [6, 6.07) is 0. The first-order valence-electron chi connectivity index (χ1n) is 5.60. The molecule has 0 radical (unpaired) electrons. The largest absolute Gasteiger partial charge is 0.464 e. The highest BCUT2D eigenvalue weighted by Crippen LogP contribution is 2.31. The summed E-state index contributed by atoms with van der Waals surface area (Å²) in [5.74, 6) is -0.592. The molecule has 0 amide bonds. The van der Waals surface area contributed by atoms with Gasteiger partial charge in [0.1, 0.15) is 12.4 Å². The fourth-order valence-corrected chi connectivity index (χ4v) is 2.73. The molecule has 0 spiro atoms. The molecule has 0 saturated carbocycles. The van der Waals surface area contributed by atoms with Gasteiger partial charge in [-0.1, -0.05) is 5.21 Å². The molecule has 0 aliphatic heterocycles. The predicted molar refractivity (Wildman–Crippen MR) is 67.9 cm³/mol. The maximum Gasteiger partial charge on any atom is 0.360 e. The number of alkyl halides is 1. The summed E-state index contributed by atoms with van der Waals surface area (Å²) in [6.07, 6.45) is 0. The minimum absolute atomic E-state index is 0.0374. The van der Waals surface area contributed by atoms with Crippen LogP contribution in [-0.4, -0.2) is 39.7 Å². The third kappa shape index (κ3) is 2.48. The molecule has 0 aliphatic carbocycles.